The Kier molecular flexibility index (Phi) is 6.48. The quantitative estimate of drug-likeness (QED) is 0.263. The maximum Gasteiger partial charge on any atom is 0.316 e. The molecular formula is C30H33NO12. The number of hydrogen-bond acceptors (Lipinski definition) is 13. The van der Waals surface area contributed by atoms with E-state index >= 15 is 0 Å². The molecule has 4 aliphatic rings. The van der Waals surface area contributed by atoms with Crippen molar-refractivity contribution >= 4 is 17.5 Å². The van der Waals surface area contributed by atoms with Gasteiger partial charge in [0.25, 0.3) is 0 Å². The van der Waals surface area contributed by atoms with E-state index in [4.69, 9.17) is 18.9 Å². The van der Waals surface area contributed by atoms with E-state index in [9.17, 15) is 39.9 Å². The molecule has 2 aromatic carbocycles. The minimum atomic E-state index is -1.71. The number of phenolic OH excluding ortho intramolecular Hbond substituents is 2. The number of aliphatic hydroxyl groups is 3. The third-order valence-electron chi connectivity index (χ3n) is 9.37. The van der Waals surface area contributed by atoms with Crippen LogP contribution in [0, 0.1) is 0 Å². The van der Waals surface area contributed by atoms with Crippen LogP contribution in [-0.4, -0.2) is 106 Å². The first kappa shape index (κ1) is 29.5. The van der Waals surface area contributed by atoms with Crippen LogP contribution >= 0.6 is 0 Å². The van der Waals surface area contributed by atoms with Gasteiger partial charge >= 0.3 is 5.97 Å². The fourth-order valence-corrected chi connectivity index (χ4v) is 7.24. The molecule has 0 aromatic heterocycles. The zero-order chi connectivity index (χ0) is 31.5. The van der Waals surface area contributed by atoms with Gasteiger partial charge in [-0.05, 0) is 45.6 Å². The number of ketones is 2. The number of ether oxygens (including phenoxy) is 4. The third kappa shape index (κ3) is 3.76. The Hall–Kier alpha value is -3.59. The van der Waals surface area contributed by atoms with Crippen molar-refractivity contribution in [3.8, 4) is 17.2 Å². The highest BCUT2D eigenvalue weighted by atomic mass is 16.7. The lowest BCUT2D eigenvalue weighted by Gasteiger charge is -2.53. The molecule has 230 valence electrons. The fourth-order valence-electron chi connectivity index (χ4n) is 7.24. The van der Waals surface area contributed by atoms with E-state index in [0.29, 0.717) is 0 Å². The van der Waals surface area contributed by atoms with E-state index in [0.717, 1.165) is 7.11 Å². The summed E-state index contributed by atoms with van der Waals surface area (Å²) in [5, 5.41) is 56.3. The van der Waals surface area contributed by atoms with Gasteiger partial charge in [-0.2, -0.15) is 0 Å². The zero-order valence-corrected chi connectivity index (χ0v) is 24.4. The van der Waals surface area contributed by atoms with Gasteiger partial charge < -0.3 is 49.4 Å². The first-order valence-electron chi connectivity index (χ1n) is 13.7. The number of esters is 1. The Labute approximate surface area is 246 Å². The second kappa shape index (κ2) is 9.45. The lowest BCUT2D eigenvalue weighted by molar-refractivity contribution is -0.311. The van der Waals surface area contributed by atoms with Crippen LogP contribution in [0.3, 0.4) is 0 Å². The number of methoxy groups -OCH3 is 2. The second-order valence-corrected chi connectivity index (χ2v) is 12.2. The molecule has 43 heavy (non-hydrogen) atoms. The van der Waals surface area contributed by atoms with Gasteiger partial charge in [0.15, 0.2) is 5.78 Å². The van der Waals surface area contributed by atoms with Crippen molar-refractivity contribution in [3.05, 3.63) is 51.1 Å². The number of hydrogen-bond donors (Lipinski definition) is 5. The molecule has 1 saturated heterocycles. The van der Waals surface area contributed by atoms with E-state index in [1.165, 1.54) is 33.1 Å². The number of fused-ring (bicyclic) bond motifs is 8. The molecule has 5 N–H and O–H groups in total. The fraction of sp³-hybridized carbons (Fsp3) is 0.500. The summed E-state index contributed by atoms with van der Waals surface area (Å²) in [4.78, 5) is 42.8. The van der Waals surface area contributed by atoms with E-state index in [1.807, 2.05) is 0 Å². The first-order chi connectivity index (χ1) is 20.1. The van der Waals surface area contributed by atoms with Gasteiger partial charge in [-0.3, -0.25) is 14.4 Å². The Morgan fingerprint density at radius 1 is 1.05 bits per heavy atom. The summed E-state index contributed by atoms with van der Waals surface area (Å²) in [6, 6.07) is 1.58. The van der Waals surface area contributed by atoms with E-state index < -0.39 is 87.9 Å². The first-order valence-corrected chi connectivity index (χ1v) is 13.7. The average Bonchev–Trinajstić information content (AvgIpc) is 2.93. The smallest absolute Gasteiger partial charge is 0.316 e. The molecule has 1 fully saturated rings. The maximum atomic E-state index is 14.3. The van der Waals surface area contributed by atoms with Crippen molar-refractivity contribution in [1.29, 1.82) is 0 Å². The van der Waals surface area contributed by atoms with Crippen LogP contribution in [0.2, 0.25) is 0 Å². The summed E-state index contributed by atoms with van der Waals surface area (Å²) in [6.07, 6.45) is -5.13. The van der Waals surface area contributed by atoms with Crippen molar-refractivity contribution in [2.24, 2.45) is 0 Å². The largest absolute Gasteiger partial charge is 0.507 e. The van der Waals surface area contributed by atoms with Crippen molar-refractivity contribution in [1.82, 2.24) is 4.90 Å². The van der Waals surface area contributed by atoms with E-state index in [2.05, 4.69) is 0 Å². The Morgan fingerprint density at radius 3 is 2.33 bits per heavy atom. The number of nitrogens with zero attached hydrogens (tertiary/aromatic N) is 1. The number of carbonyl (C=O) groups excluding carboxylic acids is 3. The molecule has 0 unspecified atom stereocenters. The summed E-state index contributed by atoms with van der Waals surface area (Å²) in [5.41, 5.74) is -4.63. The molecule has 13 heteroatoms. The second-order valence-electron chi connectivity index (χ2n) is 12.2. The van der Waals surface area contributed by atoms with Crippen molar-refractivity contribution in [2.75, 3.05) is 28.3 Å². The van der Waals surface area contributed by atoms with Gasteiger partial charge in [-0.25, -0.2) is 0 Å². The lowest BCUT2D eigenvalue weighted by Crippen LogP contribution is -2.68. The number of aromatic hydroxyl groups is 2. The number of phenols is 2. The molecule has 2 aliphatic carbocycles. The monoisotopic (exact) mass is 599 g/mol. The third-order valence-corrected chi connectivity index (χ3v) is 9.37. The lowest BCUT2D eigenvalue weighted by atomic mass is 9.68. The predicted molar refractivity (Wildman–Crippen MR) is 145 cm³/mol. The van der Waals surface area contributed by atoms with Gasteiger partial charge in [-0.15, -0.1) is 0 Å². The van der Waals surface area contributed by atoms with Crippen molar-refractivity contribution in [3.63, 3.8) is 0 Å². The van der Waals surface area contributed by atoms with Crippen LogP contribution in [-0.2, 0) is 24.6 Å². The molecule has 6 rings (SSSR count). The summed E-state index contributed by atoms with van der Waals surface area (Å²) in [7, 11) is 5.79. The summed E-state index contributed by atoms with van der Waals surface area (Å²) < 4.78 is 22.4. The molecule has 0 saturated carbocycles. The average molecular weight is 600 g/mol. The van der Waals surface area contributed by atoms with E-state index in [1.54, 1.807) is 19.0 Å². The summed E-state index contributed by atoms with van der Waals surface area (Å²) in [6.45, 7) is 2.93. The van der Waals surface area contributed by atoms with Crippen LogP contribution in [0.1, 0.15) is 80.8 Å². The van der Waals surface area contributed by atoms with Gasteiger partial charge in [0.2, 0.25) is 12.1 Å². The maximum absolute atomic E-state index is 14.3. The normalized spacial score (nSPS) is 34.1. The SMILES string of the molecule is COC(=O)[C@@H]1c2cc3c(c(O)c2[C@@H](OC)C[C@]1(C)O)C(=O)c1c(O)cc2c(c1C3=O)O[C@@H]1O[C@@]2(C)[C@H](O)[C@@H](N(C)C)[C@@H]1O. The van der Waals surface area contributed by atoms with Gasteiger partial charge in [0.1, 0.15) is 41.0 Å². The molecule has 13 nitrogen and oxygen atoms in total. The summed E-state index contributed by atoms with van der Waals surface area (Å²) >= 11 is 0. The molecular weight excluding hydrogens is 566 g/mol. The van der Waals surface area contributed by atoms with Crippen LogP contribution in [0.25, 0.3) is 0 Å². The number of aliphatic hydroxyl groups excluding tert-OH is 2. The highest BCUT2D eigenvalue weighted by molar-refractivity contribution is 6.31. The minimum absolute atomic E-state index is 0.0394. The molecule has 0 amide bonds. The molecule has 2 aliphatic heterocycles. The molecule has 2 heterocycles. The highest BCUT2D eigenvalue weighted by Crippen LogP contribution is 2.55. The molecule has 0 spiro atoms. The Bertz CT molecular complexity index is 1600. The predicted octanol–water partition coefficient (Wildman–Crippen LogP) is 0.588. The van der Waals surface area contributed by atoms with Crippen LogP contribution in [0.15, 0.2) is 12.1 Å². The minimum Gasteiger partial charge on any atom is -0.507 e. The van der Waals surface area contributed by atoms with E-state index in [-0.39, 0.29) is 40.0 Å². The van der Waals surface area contributed by atoms with Crippen LogP contribution in [0.5, 0.6) is 17.2 Å². The standard InChI is InChI=1S/C30H33NO12/c1-29(39)9-14(40-5)15-10(19(29)27(38)41-6)7-11-16(22(15)34)23(35)17-13(32)8-12-25(18(17)21(11)33)42-28-24(36)20(31(3)4)26(37)30(12,2)43-28/h7-8,14,19-20,24,26,28,32,34,36-37,39H,9H2,1-6H3/t14-,19-,20-,24-,26+,28+,29-,30+/m0/s1. The Morgan fingerprint density at radius 2 is 1.72 bits per heavy atom. The molecule has 2 aromatic rings. The number of benzene rings is 2. The number of carbonyl (C=O) groups is 3. The Balaban J connectivity index is 1.61. The van der Waals surface area contributed by atoms with Gasteiger partial charge in [0, 0.05) is 30.2 Å². The van der Waals surface area contributed by atoms with Crippen molar-refractivity contribution in [2.45, 2.75) is 68.0 Å². The number of rotatable bonds is 3. The number of likely N-dealkylation sites (N-methyl/N-ethyl adjacent to an activating group) is 1. The molecule has 2 bridgehead atoms. The topological polar surface area (TPSA) is 193 Å². The zero-order valence-electron chi connectivity index (χ0n) is 24.4. The van der Waals surface area contributed by atoms with Gasteiger partial charge in [-0.1, -0.05) is 0 Å². The van der Waals surface area contributed by atoms with Crippen LogP contribution < -0.4 is 4.74 Å². The van der Waals surface area contributed by atoms with Gasteiger partial charge in [0.05, 0.1) is 41.5 Å². The molecule has 8 atom stereocenters. The molecule has 0 radical (unpaired) electrons. The highest BCUT2D eigenvalue weighted by Gasteiger charge is 2.59. The van der Waals surface area contributed by atoms with Crippen LogP contribution in [0.4, 0.5) is 0 Å². The van der Waals surface area contributed by atoms with Crippen molar-refractivity contribution < 1.29 is 58.9 Å². The summed E-state index contributed by atoms with van der Waals surface area (Å²) in [5.74, 6) is -5.32.